The predicted octanol–water partition coefficient (Wildman–Crippen LogP) is 5.93. The van der Waals surface area contributed by atoms with Crippen molar-refractivity contribution in [1.82, 2.24) is 29.5 Å². The molecule has 0 radical (unpaired) electrons. The van der Waals surface area contributed by atoms with Gasteiger partial charge >= 0.3 is 0 Å². The van der Waals surface area contributed by atoms with Gasteiger partial charge in [0.1, 0.15) is 17.5 Å². The van der Waals surface area contributed by atoms with Crippen molar-refractivity contribution in [1.29, 1.82) is 0 Å². The quantitative estimate of drug-likeness (QED) is 0.166. The zero-order valence-electron chi connectivity index (χ0n) is 23.3. The molecule has 0 bridgehead atoms. The summed E-state index contributed by atoms with van der Waals surface area (Å²) in [5, 5.41) is 10.5. The molecule has 0 saturated heterocycles. The summed E-state index contributed by atoms with van der Waals surface area (Å²) in [7, 11) is -1.16. The number of pyridine rings is 2. The Bertz CT molecular complexity index is 1510. The van der Waals surface area contributed by atoms with E-state index in [0.717, 1.165) is 44.6 Å². The Morgan fingerprint density at radius 2 is 1.97 bits per heavy atom. The third-order valence-corrected chi connectivity index (χ3v) is 9.76. The minimum absolute atomic E-state index is 0.149. The molecule has 0 unspecified atom stereocenters. The summed E-state index contributed by atoms with van der Waals surface area (Å²) in [6.07, 6.45) is 10.9. The lowest BCUT2D eigenvalue weighted by Gasteiger charge is -2.15. The molecule has 4 aromatic heterocycles. The van der Waals surface area contributed by atoms with Gasteiger partial charge in [0.25, 0.3) is 0 Å². The van der Waals surface area contributed by atoms with E-state index in [1.807, 2.05) is 35.3 Å². The summed E-state index contributed by atoms with van der Waals surface area (Å²) in [6.45, 7) is 10.4. The maximum absolute atomic E-state index is 11.3. The number of ether oxygens (including phenoxy) is 1. The van der Waals surface area contributed by atoms with E-state index in [-0.39, 0.29) is 5.78 Å². The van der Waals surface area contributed by atoms with Gasteiger partial charge in [0, 0.05) is 57.1 Å². The number of hydrogen-bond acceptors (Lipinski definition) is 8. The summed E-state index contributed by atoms with van der Waals surface area (Å²) < 4.78 is 9.73. The predicted molar refractivity (Wildman–Crippen MR) is 157 cm³/mol. The van der Waals surface area contributed by atoms with Gasteiger partial charge in [-0.05, 0) is 44.0 Å². The maximum atomic E-state index is 11.3. The fourth-order valence-corrected chi connectivity index (χ4v) is 6.40. The molecular formula is C28H37N7O2SSi. The van der Waals surface area contributed by atoms with Crippen LogP contribution in [0.15, 0.2) is 41.8 Å². The Kier molecular flexibility index (Phi) is 8.48. The summed E-state index contributed by atoms with van der Waals surface area (Å²) in [4.78, 5) is 26.5. The molecule has 1 fully saturated rings. The molecule has 11 heteroatoms. The average molecular weight is 564 g/mol. The first kappa shape index (κ1) is 27.5. The molecule has 1 saturated carbocycles. The van der Waals surface area contributed by atoms with E-state index in [0.29, 0.717) is 31.4 Å². The zero-order valence-corrected chi connectivity index (χ0v) is 25.1. The van der Waals surface area contributed by atoms with Crippen LogP contribution in [-0.4, -0.2) is 50.0 Å². The minimum atomic E-state index is -1.16. The summed E-state index contributed by atoms with van der Waals surface area (Å²) in [5.41, 5.74) is 3.44. The minimum Gasteiger partial charge on any atom is -0.359 e. The van der Waals surface area contributed by atoms with Gasteiger partial charge in [0.15, 0.2) is 5.82 Å². The van der Waals surface area contributed by atoms with E-state index in [1.165, 1.54) is 25.7 Å². The maximum Gasteiger partial charge on any atom is 0.211 e. The molecule has 4 heterocycles. The number of ketones is 1. The van der Waals surface area contributed by atoms with Crippen LogP contribution in [0.25, 0.3) is 22.2 Å². The average Bonchev–Trinajstić information content (AvgIpc) is 3.66. The lowest BCUT2D eigenvalue weighted by molar-refractivity contribution is -0.117. The monoisotopic (exact) mass is 563 g/mol. The van der Waals surface area contributed by atoms with E-state index in [4.69, 9.17) is 19.8 Å². The number of Topliss-reactive ketones (excluding diaryl/α,β-unsaturated/α-hetero) is 1. The van der Waals surface area contributed by atoms with Gasteiger partial charge in [-0.15, -0.1) is 0 Å². The second-order valence-corrected chi connectivity index (χ2v) is 18.1. The van der Waals surface area contributed by atoms with Crippen LogP contribution in [0.4, 0.5) is 5.82 Å². The highest BCUT2D eigenvalue weighted by atomic mass is 32.1. The van der Waals surface area contributed by atoms with E-state index < -0.39 is 8.07 Å². The Morgan fingerprint density at radius 3 is 2.74 bits per heavy atom. The van der Waals surface area contributed by atoms with E-state index in [9.17, 15) is 4.79 Å². The number of aromatic nitrogens is 6. The van der Waals surface area contributed by atoms with Crippen molar-refractivity contribution in [3.63, 3.8) is 0 Å². The third-order valence-electron chi connectivity index (χ3n) is 6.94. The molecule has 0 atom stereocenters. The number of fused-ring (bicyclic) bond motifs is 1. The van der Waals surface area contributed by atoms with Gasteiger partial charge in [0.05, 0.1) is 17.2 Å². The van der Waals surface area contributed by atoms with Crippen LogP contribution < -0.4 is 4.80 Å². The zero-order chi connectivity index (χ0) is 27.4. The number of nitrogens with zero attached hydrogens (tertiary/aromatic N) is 7. The summed E-state index contributed by atoms with van der Waals surface area (Å²) in [6, 6.07) is 6.99. The molecule has 1 aliphatic rings. The second kappa shape index (κ2) is 12.0. The standard InChI is InChI=1S/C28H37N7O2SSi/c1-20(36)11-12-34-18-23(17-30-34)22-15-25-24(29-16-22)9-10-26(31-25)32-28-35(19-37-13-14-39(2,3)4)33-27(38-28)21-7-5-6-8-21/h9-10,15-18,21H,5-8,11-14,19H2,1-4H3. The molecule has 0 aromatic carbocycles. The first-order valence-corrected chi connectivity index (χ1v) is 18.3. The molecule has 39 heavy (non-hydrogen) atoms. The number of rotatable bonds is 11. The largest absolute Gasteiger partial charge is 0.359 e. The van der Waals surface area contributed by atoms with Crippen molar-refractivity contribution in [3.8, 4) is 11.1 Å². The Morgan fingerprint density at radius 1 is 1.15 bits per heavy atom. The number of hydrogen-bond donors (Lipinski definition) is 0. The fraction of sp³-hybridized carbons (Fsp3) is 0.500. The van der Waals surface area contributed by atoms with Gasteiger partial charge in [0.2, 0.25) is 4.80 Å². The molecule has 9 nitrogen and oxygen atoms in total. The fourth-order valence-electron chi connectivity index (χ4n) is 4.58. The molecule has 4 aromatic rings. The normalized spacial score (nSPS) is 15.0. The van der Waals surface area contributed by atoms with E-state index in [2.05, 4.69) is 29.7 Å². The second-order valence-electron chi connectivity index (χ2n) is 11.5. The summed E-state index contributed by atoms with van der Waals surface area (Å²) >= 11 is 1.65. The lowest BCUT2D eigenvalue weighted by Crippen LogP contribution is -2.24. The van der Waals surface area contributed by atoms with Crippen molar-refractivity contribution in [3.05, 3.63) is 46.6 Å². The molecule has 5 rings (SSSR count). The highest BCUT2D eigenvalue weighted by Crippen LogP contribution is 2.34. The van der Waals surface area contributed by atoms with Crippen LogP contribution in [0.2, 0.25) is 25.7 Å². The first-order chi connectivity index (χ1) is 18.7. The molecule has 206 valence electrons. The molecule has 1 aliphatic carbocycles. The molecule has 0 N–H and O–H groups in total. The van der Waals surface area contributed by atoms with Crippen molar-refractivity contribution in [2.75, 3.05) is 6.61 Å². The topological polar surface area (TPSA) is 100 Å². The Balaban J connectivity index is 1.41. The molecular weight excluding hydrogens is 527 g/mol. The smallest absolute Gasteiger partial charge is 0.211 e. The van der Waals surface area contributed by atoms with Crippen LogP contribution >= 0.6 is 11.3 Å². The van der Waals surface area contributed by atoms with Crippen LogP contribution in [-0.2, 0) is 22.8 Å². The van der Waals surface area contributed by atoms with Gasteiger partial charge in [-0.1, -0.05) is 43.8 Å². The van der Waals surface area contributed by atoms with E-state index in [1.54, 1.807) is 29.1 Å². The summed E-state index contributed by atoms with van der Waals surface area (Å²) in [5.74, 6) is 1.28. The highest BCUT2D eigenvalue weighted by molar-refractivity contribution is 7.08. The molecule has 0 spiro atoms. The van der Waals surface area contributed by atoms with Crippen LogP contribution in [0.5, 0.6) is 0 Å². The van der Waals surface area contributed by atoms with Crippen molar-refractivity contribution in [2.45, 2.75) is 83.9 Å². The highest BCUT2D eigenvalue weighted by Gasteiger charge is 2.22. The van der Waals surface area contributed by atoms with Crippen LogP contribution in [0.3, 0.4) is 0 Å². The van der Waals surface area contributed by atoms with Crippen molar-refractivity contribution >= 4 is 42.0 Å². The third kappa shape index (κ3) is 7.34. The van der Waals surface area contributed by atoms with Crippen LogP contribution in [0.1, 0.15) is 50.0 Å². The van der Waals surface area contributed by atoms with Gasteiger partial charge in [-0.3, -0.25) is 14.5 Å². The Labute approximate surface area is 234 Å². The lowest BCUT2D eigenvalue weighted by atomic mass is 10.1. The Hall–Kier alpha value is -3.02. The molecule has 0 amide bonds. The van der Waals surface area contributed by atoms with Crippen LogP contribution in [0, 0.1) is 0 Å². The van der Waals surface area contributed by atoms with E-state index >= 15 is 0 Å². The van der Waals surface area contributed by atoms with Gasteiger partial charge < -0.3 is 4.74 Å². The first-order valence-electron chi connectivity index (χ1n) is 13.7. The van der Waals surface area contributed by atoms with Gasteiger partial charge in [-0.25, -0.2) is 9.67 Å². The van der Waals surface area contributed by atoms with Crippen molar-refractivity contribution in [2.24, 2.45) is 4.99 Å². The number of carbonyl (C=O) groups is 1. The van der Waals surface area contributed by atoms with Gasteiger partial charge in [-0.2, -0.15) is 15.2 Å². The van der Waals surface area contributed by atoms with Crippen molar-refractivity contribution < 1.29 is 9.53 Å². The number of carbonyl (C=O) groups excluding carboxylic acids is 1. The molecule has 0 aliphatic heterocycles. The number of aryl methyl sites for hydroxylation is 1. The SMILES string of the molecule is CC(=O)CCn1cc(-c2cnc3ccc(N=c4sc(C5CCCC5)nn4COCC[Si](C)(C)C)nc3c2)cn1.